The average molecular weight is 388 g/mol. The van der Waals surface area contributed by atoms with E-state index in [1.807, 2.05) is 35.7 Å². The van der Waals surface area contributed by atoms with E-state index in [9.17, 15) is 8.78 Å². The van der Waals surface area contributed by atoms with Crippen LogP contribution in [0.1, 0.15) is 12.7 Å². The highest BCUT2D eigenvalue weighted by Crippen LogP contribution is 2.17. The van der Waals surface area contributed by atoms with E-state index in [2.05, 4.69) is 25.8 Å². The lowest BCUT2D eigenvalue weighted by Crippen LogP contribution is -2.39. The van der Waals surface area contributed by atoms with E-state index in [4.69, 9.17) is 4.74 Å². The number of rotatable bonds is 8. The van der Waals surface area contributed by atoms with Crippen molar-refractivity contribution >= 4 is 11.6 Å². The molecule has 0 unspecified atom stereocenters. The molecule has 2 N–H and O–H groups in total. The smallest absolute Gasteiger partial charge is 0.191 e. The maximum atomic E-state index is 13.5. The minimum absolute atomic E-state index is 0.0174. The number of benzene rings is 1. The summed E-state index contributed by atoms with van der Waals surface area (Å²) in [6.07, 6.45) is 2.56. The van der Waals surface area contributed by atoms with E-state index in [0.717, 1.165) is 23.6 Å². The number of hydrogen-bond acceptors (Lipinski definition) is 4. The van der Waals surface area contributed by atoms with E-state index in [0.29, 0.717) is 32.0 Å². The summed E-state index contributed by atoms with van der Waals surface area (Å²) in [5.74, 6) is 0.125. The first kappa shape index (κ1) is 19.5. The Morgan fingerprint density at radius 2 is 2.07 bits per heavy atom. The zero-order valence-electron chi connectivity index (χ0n) is 15.5. The van der Waals surface area contributed by atoms with Crippen molar-refractivity contribution in [3.63, 3.8) is 0 Å². The number of aromatic nitrogens is 3. The van der Waals surface area contributed by atoms with Gasteiger partial charge in [-0.05, 0) is 31.2 Å². The van der Waals surface area contributed by atoms with Crippen LogP contribution < -0.4 is 15.4 Å². The number of guanidine groups is 1. The van der Waals surface area contributed by atoms with Gasteiger partial charge in [-0.3, -0.25) is 9.39 Å². The molecule has 0 saturated heterocycles. The van der Waals surface area contributed by atoms with Gasteiger partial charge >= 0.3 is 0 Å². The molecule has 0 radical (unpaired) electrons. The number of aliphatic imine (C=N–C) groups is 1. The summed E-state index contributed by atoms with van der Waals surface area (Å²) < 4.78 is 33.7. The normalized spacial score (nSPS) is 11.6. The van der Waals surface area contributed by atoms with E-state index in [1.54, 1.807) is 0 Å². The van der Waals surface area contributed by atoms with Crippen LogP contribution in [-0.2, 0) is 6.42 Å². The van der Waals surface area contributed by atoms with Gasteiger partial charge in [0.05, 0.1) is 6.54 Å². The molecule has 3 aromatic rings. The molecule has 0 amide bonds. The van der Waals surface area contributed by atoms with E-state index >= 15 is 0 Å². The molecule has 0 aliphatic rings. The zero-order chi connectivity index (χ0) is 19.8. The number of nitrogens with zero attached hydrogens (tertiary/aromatic N) is 4. The summed E-state index contributed by atoms with van der Waals surface area (Å²) >= 11 is 0. The van der Waals surface area contributed by atoms with Crippen molar-refractivity contribution in [3.8, 4) is 5.75 Å². The molecule has 9 heteroatoms. The Hall–Kier alpha value is -3.23. The fraction of sp³-hybridized carbons (Fsp3) is 0.316. The number of nitrogens with one attached hydrogen (secondary N) is 2. The molecule has 0 aliphatic carbocycles. The van der Waals surface area contributed by atoms with Crippen molar-refractivity contribution in [2.75, 3.05) is 26.2 Å². The Morgan fingerprint density at radius 3 is 2.89 bits per heavy atom. The largest absolute Gasteiger partial charge is 0.489 e. The molecular weight excluding hydrogens is 366 g/mol. The average Bonchev–Trinajstić information content (AvgIpc) is 3.10. The topological polar surface area (TPSA) is 75.8 Å². The highest BCUT2D eigenvalue weighted by molar-refractivity contribution is 5.79. The number of pyridine rings is 1. The maximum Gasteiger partial charge on any atom is 0.191 e. The molecule has 148 valence electrons. The van der Waals surface area contributed by atoms with Gasteiger partial charge in [-0.15, -0.1) is 10.2 Å². The van der Waals surface area contributed by atoms with Gasteiger partial charge in [-0.1, -0.05) is 6.07 Å². The molecule has 2 heterocycles. The first-order valence-corrected chi connectivity index (χ1v) is 9.06. The molecule has 7 nitrogen and oxygen atoms in total. The molecule has 0 atom stereocenters. The fourth-order valence-electron chi connectivity index (χ4n) is 2.59. The lowest BCUT2D eigenvalue weighted by molar-refractivity contribution is 0.304. The van der Waals surface area contributed by atoms with Gasteiger partial charge in [0.15, 0.2) is 23.2 Å². The Kier molecular flexibility index (Phi) is 6.72. The lowest BCUT2D eigenvalue weighted by Gasteiger charge is -2.12. The quantitative estimate of drug-likeness (QED) is 0.351. The molecule has 0 fully saturated rings. The number of halogens is 2. The molecule has 1 aromatic carbocycles. The Bertz CT molecular complexity index is 943. The lowest BCUT2D eigenvalue weighted by atomic mass is 10.3. The Labute approximate surface area is 161 Å². The molecule has 0 bridgehead atoms. The van der Waals surface area contributed by atoms with Crippen molar-refractivity contribution in [2.24, 2.45) is 4.99 Å². The van der Waals surface area contributed by atoms with Gasteiger partial charge < -0.3 is 15.4 Å². The molecule has 0 saturated carbocycles. The molecule has 3 rings (SSSR count). The molecule has 0 spiro atoms. The number of ether oxygens (including phenoxy) is 1. The molecule has 0 aliphatic heterocycles. The van der Waals surface area contributed by atoms with Gasteiger partial charge in [0.1, 0.15) is 18.2 Å². The van der Waals surface area contributed by atoms with E-state index in [-0.39, 0.29) is 12.4 Å². The van der Waals surface area contributed by atoms with Gasteiger partial charge in [0.25, 0.3) is 0 Å². The van der Waals surface area contributed by atoms with Crippen LogP contribution in [0, 0.1) is 11.6 Å². The first-order chi connectivity index (χ1) is 13.7. The van der Waals surface area contributed by atoms with Crippen LogP contribution in [0.2, 0.25) is 0 Å². The van der Waals surface area contributed by atoms with E-state index in [1.165, 1.54) is 6.07 Å². The zero-order valence-corrected chi connectivity index (χ0v) is 15.5. The van der Waals surface area contributed by atoms with Crippen LogP contribution in [0.3, 0.4) is 0 Å². The van der Waals surface area contributed by atoms with Crippen LogP contribution in [-0.4, -0.2) is 46.8 Å². The minimum Gasteiger partial charge on any atom is -0.489 e. The fourth-order valence-corrected chi connectivity index (χ4v) is 2.59. The Balaban J connectivity index is 1.48. The van der Waals surface area contributed by atoms with Gasteiger partial charge in [0, 0.05) is 31.8 Å². The second-order valence-electron chi connectivity index (χ2n) is 5.91. The third-order valence-corrected chi connectivity index (χ3v) is 3.88. The van der Waals surface area contributed by atoms with Gasteiger partial charge in [0.2, 0.25) is 0 Å². The second-order valence-corrected chi connectivity index (χ2v) is 5.91. The third kappa shape index (κ3) is 5.15. The monoisotopic (exact) mass is 388 g/mol. The minimum atomic E-state index is -0.721. The predicted molar refractivity (Wildman–Crippen MR) is 103 cm³/mol. The van der Waals surface area contributed by atoms with Gasteiger partial charge in [-0.25, -0.2) is 8.78 Å². The van der Waals surface area contributed by atoms with Crippen molar-refractivity contribution in [3.05, 3.63) is 60.1 Å². The van der Waals surface area contributed by atoms with Crippen LogP contribution >= 0.6 is 0 Å². The van der Waals surface area contributed by atoms with Crippen LogP contribution in [0.4, 0.5) is 8.78 Å². The molecular formula is C19H22F2N6O. The summed E-state index contributed by atoms with van der Waals surface area (Å²) in [4.78, 5) is 4.50. The Morgan fingerprint density at radius 1 is 1.18 bits per heavy atom. The summed E-state index contributed by atoms with van der Waals surface area (Å²) in [7, 11) is 0. The van der Waals surface area contributed by atoms with Gasteiger partial charge in [-0.2, -0.15) is 0 Å². The number of fused-ring (bicyclic) bond motifs is 1. The molecule has 2 aromatic heterocycles. The summed E-state index contributed by atoms with van der Waals surface area (Å²) in [5, 5.41) is 14.5. The maximum absolute atomic E-state index is 13.5. The van der Waals surface area contributed by atoms with E-state index < -0.39 is 11.6 Å². The predicted octanol–water partition coefficient (Wildman–Crippen LogP) is 2.18. The second kappa shape index (κ2) is 9.63. The molecule has 28 heavy (non-hydrogen) atoms. The summed E-state index contributed by atoms with van der Waals surface area (Å²) in [6.45, 7) is 3.82. The summed E-state index contributed by atoms with van der Waals surface area (Å²) in [5.41, 5.74) is 0.802. The number of hydrogen-bond donors (Lipinski definition) is 2. The highest BCUT2D eigenvalue weighted by atomic mass is 19.1. The van der Waals surface area contributed by atoms with Crippen molar-refractivity contribution in [1.29, 1.82) is 0 Å². The van der Waals surface area contributed by atoms with Crippen LogP contribution in [0.5, 0.6) is 5.75 Å². The highest BCUT2D eigenvalue weighted by Gasteiger charge is 2.06. The van der Waals surface area contributed by atoms with Crippen LogP contribution in [0.25, 0.3) is 5.65 Å². The van der Waals surface area contributed by atoms with Crippen LogP contribution in [0.15, 0.2) is 47.6 Å². The SMILES string of the molecule is CCNC(=NCCc1nnc2ccccn12)NCCOc1ccc(F)cc1F. The summed E-state index contributed by atoms with van der Waals surface area (Å²) in [6, 6.07) is 8.97. The third-order valence-electron chi connectivity index (χ3n) is 3.88. The van der Waals surface area contributed by atoms with Crippen molar-refractivity contribution in [1.82, 2.24) is 25.2 Å². The first-order valence-electron chi connectivity index (χ1n) is 9.06. The standard InChI is InChI=1S/C19H22F2N6O/c1-2-22-19(24-10-12-28-16-7-6-14(20)13-15(16)21)23-9-8-18-26-25-17-5-3-4-11-27(17)18/h3-7,11,13H,2,8-10,12H2,1H3,(H2,22,23,24). The van der Waals surface area contributed by atoms with Crippen molar-refractivity contribution in [2.45, 2.75) is 13.3 Å². The van der Waals surface area contributed by atoms with Crippen molar-refractivity contribution < 1.29 is 13.5 Å².